The first-order chi connectivity index (χ1) is 12.7. The molecular formula is C24H22SSi. The fourth-order valence-electron chi connectivity index (χ4n) is 4.32. The summed E-state index contributed by atoms with van der Waals surface area (Å²) in [7, 11) is -0.129. The van der Waals surface area contributed by atoms with Crippen LogP contribution in [0.3, 0.4) is 0 Å². The number of fused-ring (bicyclic) bond motifs is 2. The lowest BCUT2D eigenvalue weighted by Gasteiger charge is -2.22. The van der Waals surface area contributed by atoms with Gasteiger partial charge >= 0.3 is 0 Å². The fraction of sp³-hybridized carbons (Fsp3) is 0.167. The van der Waals surface area contributed by atoms with Gasteiger partial charge in [0.1, 0.15) is 0 Å². The van der Waals surface area contributed by atoms with E-state index in [9.17, 15) is 0 Å². The normalized spacial score (nSPS) is 23.6. The number of rotatable bonds is 2. The van der Waals surface area contributed by atoms with E-state index in [4.69, 9.17) is 0 Å². The molecule has 5 rings (SSSR count). The van der Waals surface area contributed by atoms with Crippen LogP contribution in [0.2, 0.25) is 13.1 Å². The predicted molar refractivity (Wildman–Crippen MR) is 118 cm³/mol. The van der Waals surface area contributed by atoms with Crippen molar-refractivity contribution >= 4 is 28.2 Å². The Kier molecular flexibility index (Phi) is 3.91. The minimum absolute atomic E-state index is 0.316. The van der Waals surface area contributed by atoms with Crippen LogP contribution in [0.5, 0.6) is 0 Å². The van der Waals surface area contributed by atoms with Gasteiger partial charge in [0.15, 0.2) is 0 Å². The zero-order chi connectivity index (χ0) is 17.7. The van der Waals surface area contributed by atoms with Crippen LogP contribution < -0.4 is 0 Å². The summed E-state index contributed by atoms with van der Waals surface area (Å²) in [6.07, 6.45) is 14.9. The van der Waals surface area contributed by atoms with Crippen molar-refractivity contribution in [3.8, 4) is 0 Å². The van der Waals surface area contributed by atoms with E-state index in [0.717, 1.165) is 6.42 Å². The van der Waals surface area contributed by atoms with Crippen molar-refractivity contribution in [2.45, 2.75) is 24.8 Å². The zero-order valence-corrected chi connectivity index (χ0v) is 17.0. The van der Waals surface area contributed by atoms with Gasteiger partial charge in [0.05, 0.1) is 0 Å². The Morgan fingerprint density at radius 2 is 1.81 bits per heavy atom. The molecular weight excluding hydrogens is 348 g/mol. The van der Waals surface area contributed by atoms with Crippen LogP contribution in [-0.4, -0.2) is 7.50 Å². The lowest BCUT2D eigenvalue weighted by molar-refractivity contribution is 1.09. The maximum atomic E-state index is 2.49. The van der Waals surface area contributed by atoms with Crippen molar-refractivity contribution in [3.05, 3.63) is 106 Å². The summed E-state index contributed by atoms with van der Waals surface area (Å²) in [6.45, 7) is 4.98. The molecule has 0 radical (unpaired) electrons. The molecule has 1 heterocycles. The van der Waals surface area contributed by atoms with E-state index in [-0.39, 0.29) is 0 Å². The van der Waals surface area contributed by atoms with Crippen LogP contribution in [0.4, 0.5) is 0 Å². The molecule has 0 spiro atoms. The molecule has 2 aliphatic carbocycles. The molecule has 2 atom stereocenters. The van der Waals surface area contributed by atoms with Crippen LogP contribution in [-0.2, 0) is 0 Å². The number of hydrogen-bond donors (Lipinski definition) is 0. The molecule has 26 heavy (non-hydrogen) atoms. The third kappa shape index (κ3) is 2.44. The molecule has 2 unspecified atom stereocenters. The molecule has 0 saturated heterocycles. The van der Waals surface area contributed by atoms with Crippen molar-refractivity contribution in [2.75, 3.05) is 0 Å². The van der Waals surface area contributed by atoms with Crippen LogP contribution in [0.25, 0.3) is 10.8 Å². The van der Waals surface area contributed by atoms with Crippen molar-refractivity contribution < 1.29 is 0 Å². The molecule has 0 saturated carbocycles. The smallest absolute Gasteiger partial charge is 0.0494 e. The highest BCUT2D eigenvalue weighted by molar-refractivity contribution is 8.25. The van der Waals surface area contributed by atoms with E-state index in [2.05, 4.69) is 92.0 Å². The zero-order valence-electron chi connectivity index (χ0n) is 15.2. The monoisotopic (exact) mass is 370 g/mol. The minimum Gasteiger partial charge on any atom is -0.170 e. The highest BCUT2D eigenvalue weighted by Gasteiger charge is 2.36. The van der Waals surface area contributed by atoms with E-state index in [1.807, 2.05) is 0 Å². The molecule has 0 nitrogen and oxygen atoms in total. The topological polar surface area (TPSA) is 0 Å². The van der Waals surface area contributed by atoms with Gasteiger partial charge in [0, 0.05) is 17.7 Å². The van der Waals surface area contributed by atoms with Crippen LogP contribution in [0.15, 0.2) is 101 Å². The quantitative estimate of drug-likeness (QED) is 0.497. The first-order valence-corrected chi connectivity index (χ1v) is 13.8. The van der Waals surface area contributed by atoms with Gasteiger partial charge in [0.2, 0.25) is 0 Å². The van der Waals surface area contributed by atoms with Gasteiger partial charge in [-0.1, -0.05) is 79.9 Å². The SMILES string of the molecule is C[Si](C)=S1C2=CC=CC2=C(C2=CC=CC2)C1c1ccc2ccccc2c1. The molecule has 2 aromatic carbocycles. The van der Waals surface area contributed by atoms with Crippen LogP contribution in [0.1, 0.15) is 17.2 Å². The third-order valence-electron chi connectivity index (χ3n) is 5.43. The summed E-state index contributed by atoms with van der Waals surface area (Å²) in [4.78, 5) is 1.62. The van der Waals surface area contributed by atoms with Gasteiger partial charge in [-0.3, -0.25) is 0 Å². The minimum atomic E-state index is -0.444. The molecule has 0 bridgehead atoms. The largest absolute Gasteiger partial charge is 0.170 e. The molecule has 0 N–H and O–H groups in total. The average molecular weight is 371 g/mol. The summed E-state index contributed by atoms with van der Waals surface area (Å²) < 4.78 is 0. The summed E-state index contributed by atoms with van der Waals surface area (Å²) in [5.74, 6) is 0. The number of allylic oxidation sites excluding steroid dienone is 8. The molecule has 0 aromatic heterocycles. The molecule has 128 valence electrons. The third-order valence-corrected chi connectivity index (χ3v) is 12.1. The maximum Gasteiger partial charge on any atom is 0.0494 e. The lowest BCUT2D eigenvalue weighted by atomic mass is 9.92. The second-order valence-corrected chi connectivity index (χ2v) is 14.4. The number of benzene rings is 2. The predicted octanol–water partition coefficient (Wildman–Crippen LogP) is 7.05. The van der Waals surface area contributed by atoms with E-state index >= 15 is 0 Å². The van der Waals surface area contributed by atoms with Gasteiger partial charge in [-0.15, -0.1) is 0 Å². The Balaban J connectivity index is 1.75. The van der Waals surface area contributed by atoms with Crippen molar-refractivity contribution in [1.82, 2.24) is 0 Å². The molecule has 0 fully saturated rings. The van der Waals surface area contributed by atoms with Gasteiger partial charge in [0.25, 0.3) is 0 Å². The number of hydrogen-bond acceptors (Lipinski definition) is 0. The van der Waals surface area contributed by atoms with E-state index < -0.39 is 7.50 Å². The first-order valence-electron chi connectivity index (χ1n) is 9.25. The Morgan fingerprint density at radius 1 is 0.962 bits per heavy atom. The van der Waals surface area contributed by atoms with Crippen molar-refractivity contribution in [3.63, 3.8) is 0 Å². The Labute approximate surface area is 159 Å². The Hall–Kier alpha value is -2.03. The standard InChI is InChI=1S/C24H22SSi/c1-26(2)25-22-13-7-12-21(22)23(18-9-4-5-10-18)24(25)20-15-14-17-8-3-6-11-19(17)16-20/h3-9,11-16,24H,10H2,1-2H3. The van der Waals surface area contributed by atoms with Crippen molar-refractivity contribution in [1.29, 1.82) is 0 Å². The molecule has 2 heteroatoms. The fourth-order valence-corrected chi connectivity index (χ4v) is 11.1. The molecule has 0 amide bonds. The lowest BCUT2D eigenvalue weighted by Crippen LogP contribution is -2.02. The summed E-state index contributed by atoms with van der Waals surface area (Å²) in [5.41, 5.74) is 6.14. The second kappa shape index (κ2) is 6.29. The first kappa shape index (κ1) is 16.2. The maximum absolute atomic E-state index is 2.49. The molecule has 2 aromatic rings. The van der Waals surface area contributed by atoms with Gasteiger partial charge in [-0.2, -0.15) is 9.89 Å². The average Bonchev–Trinajstić information content (AvgIpc) is 3.37. The highest BCUT2D eigenvalue weighted by Crippen LogP contribution is 2.61. The summed E-state index contributed by atoms with van der Waals surface area (Å²) >= 11 is 0. The van der Waals surface area contributed by atoms with E-state index in [1.165, 1.54) is 27.5 Å². The van der Waals surface area contributed by atoms with Crippen LogP contribution >= 0.6 is 9.89 Å². The summed E-state index contributed by atoms with van der Waals surface area (Å²) in [5, 5.41) is 3.22. The van der Waals surface area contributed by atoms with E-state index in [1.54, 1.807) is 10.5 Å². The van der Waals surface area contributed by atoms with Crippen molar-refractivity contribution in [2.24, 2.45) is 0 Å². The highest BCUT2D eigenvalue weighted by atomic mass is 32.3. The van der Waals surface area contributed by atoms with Gasteiger partial charge < -0.3 is 0 Å². The molecule has 1 aliphatic heterocycles. The summed E-state index contributed by atoms with van der Waals surface area (Å²) in [6, 6.07) is 15.9. The Bertz CT molecular complexity index is 1120. The van der Waals surface area contributed by atoms with E-state index in [0.29, 0.717) is 15.1 Å². The Morgan fingerprint density at radius 3 is 2.58 bits per heavy atom. The molecule has 3 aliphatic rings. The van der Waals surface area contributed by atoms with Gasteiger partial charge in [-0.25, -0.2) is 0 Å². The van der Waals surface area contributed by atoms with Gasteiger partial charge in [-0.05, 0) is 51.6 Å². The van der Waals surface area contributed by atoms with Crippen LogP contribution in [0, 0.1) is 0 Å². The second-order valence-electron chi connectivity index (χ2n) is 7.27.